The third-order valence-corrected chi connectivity index (χ3v) is 10.1. The summed E-state index contributed by atoms with van der Waals surface area (Å²) in [5.74, 6) is 1.18. The normalized spacial score (nSPS) is 16.9. The van der Waals surface area contributed by atoms with Gasteiger partial charge in [0.15, 0.2) is 11.6 Å². The zero-order valence-electron chi connectivity index (χ0n) is 32.0. The van der Waals surface area contributed by atoms with Crippen LogP contribution < -0.4 is 9.64 Å². The van der Waals surface area contributed by atoms with Gasteiger partial charge in [-0.25, -0.2) is 14.4 Å². The molecule has 52 heavy (non-hydrogen) atoms. The molecule has 4 aromatic rings. The lowest BCUT2D eigenvalue weighted by atomic mass is 9.87. The number of carbonyl (C=O) groups is 1. The van der Waals surface area contributed by atoms with Crippen LogP contribution >= 0.6 is 0 Å². The lowest BCUT2D eigenvalue weighted by Crippen LogP contribution is -2.41. The largest absolute Gasteiger partial charge is 0.490 e. The molecule has 0 aliphatic carbocycles. The fourth-order valence-corrected chi connectivity index (χ4v) is 7.75. The van der Waals surface area contributed by atoms with E-state index in [1.807, 2.05) is 6.20 Å². The number of fused-ring (bicyclic) bond motifs is 2. The summed E-state index contributed by atoms with van der Waals surface area (Å²) in [5.41, 5.74) is 8.93. The zero-order chi connectivity index (χ0) is 37.6. The number of ether oxygens (including phenoxy) is 2. The third kappa shape index (κ3) is 8.93. The van der Waals surface area contributed by atoms with Gasteiger partial charge in [-0.15, -0.1) is 0 Å². The Morgan fingerprint density at radius 2 is 1.75 bits per heavy atom. The minimum Gasteiger partial charge on any atom is -0.490 e. The standard InChI is InChI=1S/C36H44FN5O2.C4H10O.CH2O2/c1-5-27-24(3)39-36-30(34(27)29-21-31(37)35-28(23(29)2)8-6-17-44-35)22-32(40(36)4)25-9-12-38-33(20-25)42-14-7-13-41(15-16-42)26-10-18-43-19-11-26;1-4(2,3)5;2-1-3/h9,12,20-22,26H,5-8,10-11,13-19H2,1-4H3;5H,1-3H3;1H,(H,2,3). The second-order valence-corrected chi connectivity index (χ2v) is 14.9. The molecule has 0 saturated carbocycles. The van der Waals surface area contributed by atoms with E-state index in [9.17, 15) is 0 Å². The first-order valence-corrected chi connectivity index (χ1v) is 18.6. The summed E-state index contributed by atoms with van der Waals surface area (Å²) in [7, 11) is 2.09. The van der Waals surface area contributed by atoms with Crippen molar-refractivity contribution in [3.8, 4) is 28.1 Å². The second kappa shape index (κ2) is 17.2. The van der Waals surface area contributed by atoms with Gasteiger partial charge in [0, 0.05) is 80.9 Å². The van der Waals surface area contributed by atoms with E-state index < -0.39 is 5.60 Å². The predicted octanol–water partition coefficient (Wildman–Crippen LogP) is 7.11. The van der Waals surface area contributed by atoms with Crippen LogP contribution in [-0.4, -0.2) is 93.8 Å². The van der Waals surface area contributed by atoms with E-state index in [1.165, 1.54) is 5.56 Å². The van der Waals surface area contributed by atoms with Gasteiger partial charge in [-0.05, 0) is 120 Å². The number of rotatable bonds is 5. The quantitative estimate of drug-likeness (QED) is 0.209. The molecule has 7 rings (SSSR count). The van der Waals surface area contributed by atoms with Crippen LogP contribution in [0.25, 0.3) is 33.4 Å². The Morgan fingerprint density at radius 3 is 2.44 bits per heavy atom. The lowest BCUT2D eigenvalue weighted by molar-refractivity contribution is -0.122. The Balaban J connectivity index is 0.000000595. The number of hydrogen-bond acceptors (Lipinski definition) is 8. The van der Waals surface area contributed by atoms with Crippen LogP contribution in [0, 0.1) is 19.7 Å². The molecule has 0 bridgehead atoms. The number of aryl methyl sites for hydroxylation is 2. The monoisotopic (exact) mass is 717 g/mol. The average molecular weight is 718 g/mol. The minimum absolute atomic E-state index is 0.250. The Hall–Kier alpha value is -4.06. The number of aliphatic hydroxyl groups is 1. The van der Waals surface area contributed by atoms with Gasteiger partial charge in [-0.2, -0.15) is 0 Å². The van der Waals surface area contributed by atoms with Crippen molar-refractivity contribution in [2.45, 2.75) is 91.7 Å². The summed E-state index contributed by atoms with van der Waals surface area (Å²) in [6.07, 6.45) is 7.90. The molecule has 282 valence electrons. The number of pyridine rings is 2. The lowest BCUT2D eigenvalue weighted by Gasteiger charge is -2.33. The van der Waals surface area contributed by atoms with Crippen LogP contribution in [-0.2, 0) is 29.4 Å². The predicted molar refractivity (Wildman–Crippen MR) is 205 cm³/mol. The Bertz CT molecular complexity index is 1840. The first-order chi connectivity index (χ1) is 24.9. The van der Waals surface area contributed by atoms with Crippen LogP contribution in [0.3, 0.4) is 0 Å². The molecule has 1 aromatic carbocycles. The Kier molecular flexibility index (Phi) is 12.9. The van der Waals surface area contributed by atoms with E-state index in [4.69, 9.17) is 34.4 Å². The van der Waals surface area contributed by atoms with Gasteiger partial charge in [-0.3, -0.25) is 9.69 Å². The number of aromatic nitrogens is 3. The molecular weight excluding hydrogens is 661 g/mol. The molecule has 2 saturated heterocycles. The number of benzene rings is 1. The summed E-state index contributed by atoms with van der Waals surface area (Å²) < 4.78 is 29.1. The molecule has 0 spiro atoms. The summed E-state index contributed by atoms with van der Waals surface area (Å²) in [4.78, 5) is 23.4. The highest BCUT2D eigenvalue weighted by Gasteiger charge is 2.27. The maximum atomic E-state index is 15.5. The van der Waals surface area contributed by atoms with Crippen LogP contribution in [0.1, 0.15) is 75.8 Å². The van der Waals surface area contributed by atoms with Crippen LogP contribution in [0.2, 0.25) is 0 Å². The molecule has 6 heterocycles. The van der Waals surface area contributed by atoms with Crippen molar-refractivity contribution in [2.24, 2.45) is 7.05 Å². The molecule has 0 atom stereocenters. The summed E-state index contributed by atoms with van der Waals surface area (Å²) in [6.45, 7) is 17.8. The fourth-order valence-electron chi connectivity index (χ4n) is 7.75. The molecule has 10 nitrogen and oxygen atoms in total. The van der Waals surface area contributed by atoms with Crippen molar-refractivity contribution >= 4 is 23.3 Å². The molecule has 0 amide bonds. The number of hydrogen-bond donors (Lipinski definition) is 2. The maximum absolute atomic E-state index is 15.5. The maximum Gasteiger partial charge on any atom is 0.290 e. The van der Waals surface area contributed by atoms with Crippen LogP contribution in [0.4, 0.5) is 10.2 Å². The van der Waals surface area contributed by atoms with Gasteiger partial charge < -0.3 is 29.2 Å². The molecule has 3 aliphatic rings. The molecule has 2 fully saturated rings. The molecule has 2 N–H and O–H groups in total. The van der Waals surface area contributed by atoms with E-state index in [0.717, 1.165) is 134 Å². The smallest absolute Gasteiger partial charge is 0.290 e. The van der Waals surface area contributed by atoms with E-state index >= 15 is 4.39 Å². The van der Waals surface area contributed by atoms with Crippen molar-refractivity contribution in [2.75, 3.05) is 50.9 Å². The van der Waals surface area contributed by atoms with Gasteiger partial charge in [-0.1, -0.05) is 6.92 Å². The van der Waals surface area contributed by atoms with Crippen molar-refractivity contribution in [1.29, 1.82) is 0 Å². The van der Waals surface area contributed by atoms with Crippen molar-refractivity contribution < 1.29 is 28.9 Å². The van der Waals surface area contributed by atoms with Gasteiger partial charge in [0.2, 0.25) is 0 Å². The van der Waals surface area contributed by atoms with E-state index in [1.54, 1.807) is 26.8 Å². The number of halogens is 1. The highest BCUT2D eigenvalue weighted by atomic mass is 19.1. The van der Waals surface area contributed by atoms with Gasteiger partial charge in [0.25, 0.3) is 6.47 Å². The minimum atomic E-state index is -0.500. The van der Waals surface area contributed by atoms with E-state index in [2.05, 4.69) is 60.4 Å². The molecular formula is C41H56FN5O5. The Morgan fingerprint density at radius 1 is 1.04 bits per heavy atom. The number of anilines is 1. The summed E-state index contributed by atoms with van der Waals surface area (Å²) in [6, 6.07) is 8.90. The van der Waals surface area contributed by atoms with Crippen molar-refractivity contribution in [1.82, 2.24) is 19.4 Å². The van der Waals surface area contributed by atoms with E-state index in [0.29, 0.717) is 18.4 Å². The second-order valence-electron chi connectivity index (χ2n) is 14.9. The molecule has 11 heteroatoms. The highest BCUT2D eigenvalue weighted by molar-refractivity contribution is 6.00. The number of nitrogens with zero attached hydrogens (tertiary/aromatic N) is 5. The zero-order valence-corrected chi connectivity index (χ0v) is 32.0. The molecule has 3 aromatic heterocycles. The van der Waals surface area contributed by atoms with Crippen molar-refractivity contribution in [3.63, 3.8) is 0 Å². The van der Waals surface area contributed by atoms with Crippen molar-refractivity contribution in [3.05, 3.63) is 58.7 Å². The van der Waals surface area contributed by atoms with Gasteiger partial charge in [0.05, 0.1) is 17.9 Å². The molecule has 0 unspecified atom stereocenters. The van der Waals surface area contributed by atoms with Crippen LogP contribution in [0.15, 0.2) is 30.5 Å². The summed E-state index contributed by atoms with van der Waals surface area (Å²) in [5, 5.41) is 16.5. The van der Waals surface area contributed by atoms with Gasteiger partial charge in [0.1, 0.15) is 11.5 Å². The SMILES string of the molecule is CC(C)(C)O.CCc1c(C)nc2c(cc(-c3ccnc(N4CCCN(C5CCOCC5)CC4)c3)n2C)c1-c1cc(F)c2c(c1C)CCCO2.O=CO. The molecule has 3 aliphatic heterocycles. The molecule has 0 radical (unpaired) electrons. The topological polar surface area (TPSA) is 113 Å². The van der Waals surface area contributed by atoms with E-state index in [-0.39, 0.29) is 12.3 Å². The third-order valence-electron chi connectivity index (χ3n) is 10.1. The fraction of sp³-hybridized carbons (Fsp3) is 0.537. The highest BCUT2D eigenvalue weighted by Crippen LogP contribution is 2.43. The Labute approximate surface area is 307 Å². The summed E-state index contributed by atoms with van der Waals surface area (Å²) >= 11 is 0. The first-order valence-electron chi connectivity index (χ1n) is 18.6. The number of carboxylic acid groups (broad SMARTS) is 1. The first kappa shape index (κ1) is 39.2. The van der Waals surface area contributed by atoms with Crippen LogP contribution in [0.5, 0.6) is 5.75 Å². The van der Waals surface area contributed by atoms with Gasteiger partial charge >= 0.3 is 0 Å². The average Bonchev–Trinajstić information content (AvgIpc) is 3.27.